The third-order valence-corrected chi connectivity index (χ3v) is 1.81. The monoisotopic (exact) mass is 171 g/mol. The quantitative estimate of drug-likeness (QED) is 0.503. The van der Waals surface area contributed by atoms with Gasteiger partial charge < -0.3 is 10.8 Å². The van der Waals surface area contributed by atoms with Crippen LogP contribution in [0.2, 0.25) is 5.02 Å². The highest BCUT2D eigenvalue weighted by Gasteiger charge is 2.03. The van der Waals surface area contributed by atoms with Crippen LogP contribution < -0.4 is 5.73 Å². The number of aromatic hydroxyl groups is 1. The molecule has 0 aliphatic carbocycles. The molecule has 0 bridgehead atoms. The van der Waals surface area contributed by atoms with Crippen molar-refractivity contribution in [2.45, 2.75) is 13.3 Å². The molecule has 0 radical (unpaired) electrons. The van der Waals surface area contributed by atoms with E-state index in [2.05, 4.69) is 0 Å². The fourth-order valence-corrected chi connectivity index (χ4v) is 1.19. The molecule has 0 amide bonds. The largest absolute Gasteiger partial charge is 0.506 e. The first kappa shape index (κ1) is 8.21. The van der Waals surface area contributed by atoms with Crippen molar-refractivity contribution in [3.8, 4) is 5.75 Å². The summed E-state index contributed by atoms with van der Waals surface area (Å²) in [4.78, 5) is 0. The molecule has 1 aromatic carbocycles. The van der Waals surface area contributed by atoms with Crippen molar-refractivity contribution in [2.75, 3.05) is 5.73 Å². The summed E-state index contributed by atoms with van der Waals surface area (Å²) in [6.07, 6.45) is 0.778. The average Bonchev–Trinajstić information content (AvgIpc) is 1.96. The zero-order chi connectivity index (χ0) is 8.43. The highest BCUT2D eigenvalue weighted by molar-refractivity contribution is 6.30. The molecule has 0 aromatic heterocycles. The Labute approximate surface area is 70.6 Å². The van der Waals surface area contributed by atoms with Crippen LogP contribution in [0.3, 0.4) is 0 Å². The number of aryl methyl sites for hydroxylation is 1. The topological polar surface area (TPSA) is 46.2 Å². The molecule has 3 heteroatoms. The Morgan fingerprint density at radius 1 is 1.55 bits per heavy atom. The van der Waals surface area contributed by atoms with Gasteiger partial charge in [0.15, 0.2) is 0 Å². The van der Waals surface area contributed by atoms with Crippen LogP contribution in [0.4, 0.5) is 5.69 Å². The normalized spacial score (nSPS) is 10.0. The standard InChI is InChI=1S/C8H10ClNO/c1-2-5-3-6(9)4-7(11)8(5)10/h3-4,11H,2,10H2,1H3. The summed E-state index contributed by atoms with van der Waals surface area (Å²) in [6.45, 7) is 1.96. The number of rotatable bonds is 1. The molecular weight excluding hydrogens is 162 g/mol. The van der Waals surface area contributed by atoms with Gasteiger partial charge in [0.2, 0.25) is 0 Å². The molecule has 60 valence electrons. The Morgan fingerprint density at radius 3 is 2.73 bits per heavy atom. The van der Waals surface area contributed by atoms with E-state index in [9.17, 15) is 5.11 Å². The number of phenolic OH excluding ortho intramolecular Hbond substituents is 1. The van der Waals surface area contributed by atoms with Gasteiger partial charge in [-0.05, 0) is 18.1 Å². The lowest BCUT2D eigenvalue weighted by atomic mass is 10.1. The van der Waals surface area contributed by atoms with Gasteiger partial charge in [0, 0.05) is 11.1 Å². The molecule has 11 heavy (non-hydrogen) atoms. The van der Waals surface area contributed by atoms with Crippen LogP contribution >= 0.6 is 11.6 Å². The molecule has 0 unspecified atom stereocenters. The summed E-state index contributed by atoms with van der Waals surface area (Å²) in [5.74, 6) is 0.0642. The molecule has 3 N–H and O–H groups in total. The number of phenols is 1. The number of hydrogen-bond donors (Lipinski definition) is 2. The molecule has 0 aliphatic rings. The summed E-state index contributed by atoms with van der Waals surface area (Å²) < 4.78 is 0. The molecule has 0 saturated carbocycles. The van der Waals surface area contributed by atoms with Crippen molar-refractivity contribution in [1.82, 2.24) is 0 Å². The van der Waals surface area contributed by atoms with Gasteiger partial charge in [-0.3, -0.25) is 0 Å². The maximum Gasteiger partial charge on any atom is 0.140 e. The van der Waals surface area contributed by atoms with E-state index in [4.69, 9.17) is 17.3 Å². The number of nitrogen functional groups attached to an aromatic ring is 1. The van der Waals surface area contributed by atoms with Crippen molar-refractivity contribution >= 4 is 17.3 Å². The molecule has 0 spiro atoms. The number of halogens is 1. The lowest BCUT2D eigenvalue weighted by molar-refractivity contribution is 0.477. The van der Waals surface area contributed by atoms with Crippen molar-refractivity contribution in [1.29, 1.82) is 0 Å². The second-order valence-electron chi connectivity index (χ2n) is 2.35. The van der Waals surface area contributed by atoms with E-state index in [1.165, 1.54) is 6.07 Å². The summed E-state index contributed by atoms with van der Waals surface area (Å²) >= 11 is 5.69. The van der Waals surface area contributed by atoms with Gasteiger partial charge in [-0.25, -0.2) is 0 Å². The zero-order valence-electron chi connectivity index (χ0n) is 6.26. The minimum Gasteiger partial charge on any atom is -0.506 e. The lowest BCUT2D eigenvalue weighted by Gasteiger charge is -2.04. The minimum atomic E-state index is 0.0642. The van der Waals surface area contributed by atoms with E-state index in [0.29, 0.717) is 10.7 Å². The predicted molar refractivity (Wildman–Crippen MR) is 46.9 cm³/mol. The first-order valence-electron chi connectivity index (χ1n) is 3.42. The van der Waals surface area contributed by atoms with Crippen molar-refractivity contribution in [2.24, 2.45) is 0 Å². The minimum absolute atomic E-state index is 0.0642. The second-order valence-corrected chi connectivity index (χ2v) is 2.79. The van der Waals surface area contributed by atoms with Crippen LogP contribution in [0, 0.1) is 0 Å². The Kier molecular flexibility index (Phi) is 2.25. The molecule has 0 atom stereocenters. The summed E-state index contributed by atoms with van der Waals surface area (Å²) in [6, 6.07) is 3.20. The van der Waals surface area contributed by atoms with Crippen LogP contribution in [-0.2, 0) is 6.42 Å². The average molecular weight is 172 g/mol. The van der Waals surface area contributed by atoms with E-state index >= 15 is 0 Å². The van der Waals surface area contributed by atoms with Crippen molar-refractivity contribution in [3.63, 3.8) is 0 Å². The van der Waals surface area contributed by atoms with Crippen LogP contribution in [0.25, 0.3) is 0 Å². The van der Waals surface area contributed by atoms with Crippen molar-refractivity contribution in [3.05, 3.63) is 22.7 Å². The lowest BCUT2D eigenvalue weighted by Crippen LogP contribution is -1.92. The van der Waals surface area contributed by atoms with E-state index in [1.807, 2.05) is 6.92 Å². The first-order valence-corrected chi connectivity index (χ1v) is 3.79. The second kappa shape index (κ2) is 3.01. The van der Waals surface area contributed by atoms with Crippen molar-refractivity contribution < 1.29 is 5.11 Å². The number of hydrogen-bond acceptors (Lipinski definition) is 2. The van der Waals surface area contributed by atoms with E-state index < -0.39 is 0 Å². The molecule has 1 rings (SSSR count). The number of nitrogens with two attached hydrogens (primary N) is 1. The first-order chi connectivity index (χ1) is 5.15. The Hall–Kier alpha value is -0.890. The van der Waals surface area contributed by atoms with E-state index in [-0.39, 0.29) is 5.75 Å². The predicted octanol–water partition coefficient (Wildman–Crippen LogP) is 2.19. The summed E-state index contributed by atoms with van der Waals surface area (Å²) in [5, 5.41) is 9.72. The fraction of sp³-hybridized carbons (Fsp3) is 0.250. The Morgan fingerprint density at radius 2 is 2.18 bits per heavy atom. The molecule has 1 aromatic rings. The smallest absolute Gasteiger partial charge is 0.140 e. The molecule has 0 heterocycles. The fourth-order valence-electron chi connectivity index (χ4n) is 0.951. The third-order valence-electron chi connectivity index (χ3n) is 1.59. The van der Waals surface area contributed by atoms with Crippen LogP contribution in [0.15, 0.2) is 12.1 Å². The molecule has 0 saturated heterocycles. The van der Waals surface area contributed by atoms with Gasteiger partial charge >= 0.3 is 0 Å². The highest BCUT2D eigenvalue weighted by atomic mass is 35.5. The van der Waals surface area contributed by atoms with Crippen LogP contribution in [0.1, 0.15) is 12.5 Å². The number of anilines is 1. The van der Waals surface area contributed by atoms with Gasteiger partial charge in [0.05, 0.1) is 5.69 Å². The molecule has 0 fully saturated rings. The molecular formula is C8H10ClNO. The van der Waals surface area contributed by atoms with Gasteiger partial charge in [0.1, 0.15) is 5.75 Å². The number of benzene rings is 1. The van der Waals surface area contributed by atoms with Gasteiger partial charge in [0.25, 0.3) is 0 Å². The summed E-state index contributed by atoms with van der Waals surface area (Å²) in [5.41, 5.74) is 6.87. The summed E-state index contributed by atoms with van der Waals surface area (Å²) in [7, 11) is 0. The van der Waals surface area contributed by atoms with Crippen LogP contribution in [0.5, 0.6) is 5.75 Å². The maximum absolute atomic E-state index is 9.20. The Balaban J connectivity index is 3.24. The molecule has 0 aliphatic heterocycles. The third kappa shape index (κ3) is 1.57. The van der Waals surface area contributed by atoms with Gasteiger partial charge in [-0.1, -0.05) is 18.5 Å². The zero-order valence-corrected chi connectivity index (χ0v) is 7.02. The highest BCUT2D eigenvalue weighted by Crippen LogP contribution is 2.28. The van der Waals surface area contributed by atoms with E-state index in [1.54, 1.807) is 6.07 Å². The maximum atomic E-state index is 9.20. The molecule has 2 nitrogen and oxygen atoms in total. The van der Waals surface area contributed by atoms with Gasteiger partial charge in [-0.15, -0.1) is 0 Å². The van der Waals surface area contributed by atoms with Gasteiger partial charge in [-0.2, -0.15) is 0 Å². The SMILES string of the molecule is CCc1cc(Cl)cc(O)c1N. The van der Waals surface area contributed by atoms with E-state index in [0.717, 1.165) is 12.0 Å². The Bertz CT molecular complexity index is 273. The van der Waals surface area contributed by atoms with Crippen LogP contribution in [-0.4, -0.2) is 5.11 Å².